The van der Waals surface area contributed by atoms with Crippen LogP contribution in [0.1, 0.15) is 26.3 Å². The maximum atomic E-state index is 11.5. The zero-order valence-electron chi connectivity index (χ0n) is 13.8. The second-order valence-electron chi connectivity index (χ2n) is 5.60. The Balaban J connectivity index is 2.16. The van der Waals surface area contributed by atoms with Crippen molar-refractivity contribution in [3.05, 3.63) is 35.9 Å². The third-order valence-corrected chi connectivity index (χ3v) is 4.34. The van der Waals surface area contributed by atoms with Gasteiger partial charge in [-0.25, -0.2) is 0 Å². The molecule has 1 aromatic carbocycles. The van der Waals surface area contributed by atoms with Gasteiger partial charge in [0.15, 0.2) is 12.2 Å². The molecule has 0 radical (unpaired) electrons. The van der Waals surface area contributed by atoms with Gasteiger partial charge in [-0.05, 0) is 12.5 Å². The normalized spacial score (nSPS) is 29.8. The van der Waals surface area contributed by atoms with E-state index in [9.17, 15) is 9.59 Å². The first-order chi connectivity index (χ1) is 11.4. The molecule has 5 atom stereocenters. The van der Waals surface area contributed by atoms with Crippen molar-refractivity contribution >= 4 is 27.9 Å². The van der Waals surface area contributed by atoms with Gasteiger partial charge in [0.25, 0.3) is 0 Å². The molecule has 0 amide bonds. The second-order valence-corrected chi connectivity index (χ2v) is 6.50. The van der Waals surface area contributed by atoms with Crippen LogP contribution >= 0.6 is 15.9 Å². The minimum Gasteiger partial charge on any atom is -0.456 e. The molecule has 0 N–H and O–H groups in total. The molecule has 1 heterocycles. The Morgan fingerprint density at radius 3 is 2.21 bits per heavy atom. The standard InChI is InChI=1S/C17H21BrO6/c1-10-14(23-11(2)19)15(24-12(3)20)16(17(18)22-10)21-9-13-7-5-4-6-8-13/h4-8,10,14-17H,9H2,1-3H3/t10-,14+,15+,16-,17+/m0/s1. The van der Waals surface area contributed by atoms with Crippen LogP contribution in [0.25, 0.3) is 0 Å². The minimum absolute atomic E-state index is 0.315. The predicted molar refractivity (Wildman–Crippen MR) is 89.4 cm³/mol. The summed E-state index contributed by atoms with van der Waals surface area (Å²) in [5.41, 5.74) is 0.974. The number of alkyl halides is 1. The number of hydrogen-bond acceptors (Lipinski definition) is 6. The zero-order valence-corrected chi connectivity index (χ0v) is 15.4. The maximum Gasteiger partial charge on any atom is 0.303 e. The van der Waals surface area contributed by atoms with E-state index in [1.807, 2.05) is 30.3 Å². The first kappa shape index (κ1) is 18.9. The zero-order chi connectivity index (χ0) is 17.7. The van der Waals surface area contributed by atoms with Crippen LogP contribution in [0.2, 0.25) is 0 Å². The maximum absolute atomic E-state index is 11.5. The summed E-state index contributed by atoms with van der Waals surface area (Å²) in [4.78, 5) is 22.9. The summed E-state index contributed by atoms with van der Waals surface area (Å²) >= 11 is 3.41. The van der Waals surface area contributed by atoms with Crippen LogP contribution in [0, 0.1) is 0 Å². The predicted octanol–water partition coefficient (Wildman–Crippen LogP) is 2.57. The Morgan fingerprint density at radius 2 is 1.62 bits per heavy atom. The lowest BCUT2D eigenvalue weighted by Crippen LogP contribution is -2.58. The number of hydrogen-bond donors (Lipinski definition) is 0. The number of carbonyl (C=O) groups is 2. The Kier molecular flexibility index (Phi) is 6.77. The van der Waals surface area contributed by atoms with Crippen molar-refractivity contribution in [2.24, 2.45) is 0 Å². The van der Waals surface area contributed by atoms with Gasteiger partial charge >= 0.3 is 11.9 Å². The lowest BCUT2D eigenvalue weighted by Gasteiger charge is -2.42. The van der Waals surface area contributed by atoms with Gasteiger partial charge in [-0.15, -0.1) is 0 Å². The Morgan fingerprint density at radius 1 is 1.04 bits per heavy atom. The average molecular weight is 401 g/mol. The van der Waals surface area contributed by atoms with Crippen molar-refractivity contribution in [2.45, 2.75) is 56.8 Å². The number of ether oxygens (including phenoxy) is 4. The van der Waals surface area contributed by atoms with E-state index in [0.29, 0.717) is 6.61 Å². The van der Waals surface area contributed by atoms with Crippen molar-refractivity contribution in [3.63, 3.8) is 0 Å². The Hall–Kier alpha value is -1.44. The smallest absolute Gasteiger partial charge is 0.303 e. The summed E-state index contributed by atoms with van der Waals surface area (Å²) in [6, 6.07) is 9.60. The summed E-state index contributed by atoms with van der Waals surface area (Å²) in [7, 11) is 0. The molecule has 1 fully saturated rings. The molecule has 0 bridgehead atoms. The van der Waals surface area contributed by atoms with Gasteiger partial charge in [0.2, 0.25) is 0 Å². The molecule has 0 aromatic heterocycles. The molecule has 1 aromatic rings. The fourth-order valence-electron chi connectivity index (χ4n) is 2.58. The van der Waals surface area contributed by atoms with Crippen molar-refractivity contribution in [3.8, 4) is 0 Å². The van der Waals surface area contributed by atoms with E-state index in [1.54, 1.807) is 6.92 Å². The van der Waals surface area contributed by atoms with Gasteiger partial charge in [0.1, 0.15) is 11.1 Å². The van der Waals surface area contributed by atoms with Gasteiger partial charge in [-0.3, -0.25) is 9.59 Å². The molecule has 7 heteroatoms. The van der Waals surface area contributed by atoms with Gasteiger partial charge in [0, 0.05) is 13.8 Å². The summed E-state index contributed by atoms with van der Waals surface area (Å²) in [6.07, 6.45) is -2.56. The van der Waals surface area contributed by atoms with Crippen LogP contribution in [0.15, 0.2) is 30.3 Å². The topological polar surface area (TPSA) is 71.1 Å². The van der Waals surface area contributed by atoms with E-state index >= 15 is 0 Å². The van der Waals surface area contributed by atoms with Crippen molar-refractivity contribution in [1.29, 1.82) is 0 Å². The number of halogens is 1. The molecule has 0 aliphatic carbocycles. The lowest BCUT2D eigenvalue weighted by atomic mass is 10.00. The fourth-order valence-corrected chi connectivity index (χ4v) is 3.37. The van der Waals surface area contributed by atoms with Gasteiger partial charge in [0.05, 0.1) is 12.7 Å². The third kappa shape index (κ3) is 5.03. The van der Waals surface area contributed by atoms with Crippen LogP contribution in [0.4, 0.5) is 0 Å². The molecule has 2 rings (SSSR count). The summed E-state index contributed by atoms with van der Waals surface area (Å²) in [6.45, 7) is 4.68. The minimum atomic E-state index is -0.761. The SMILES string of the molecule is CC(=O)O[C@@H]1[C@H](OC(C)=O)[C@H](C)O[C@@H](Br)[C@H]1OCc1ccccc1. The molecule has 0 saturated carbocycles. The number of benzene rings is 1. The molecule has 0 unspecified atom stereocenters. The molecule has 0 spiro atoms. The highest BCUT2D eigenvalue weighted by Gasteiger charge is 2.48. The van der Waals surface area contributed by atoms with Crippen molar-refractivity contribution in [1.82, 2.24) is 0 Å². The summed E-state index contributed by atoms with van der Waals surface area (Å²) in [5.74, 6) is -0.943. The number of carbonyl (C=O) groups excluding carboxylic acids is 2. The van der Waals surface area contributed by atoms with Gasteiger partial charge in [-0.2, -0.15) is 0 Å². The van der Waals surface area contributed by atoms with Crippen LogP contribution in [0.5, 0.6) is 0 Å². The Labute approximate surface area is 149 Å². The average Bonchev–Trinajstić information content (AvgIpc) is 2.51. The molecule has 132 valence electrons. The van der Waals surface area contributed by atoms with E-state index < -0.39 is 41.4 Å². The van der Waals surface area contributed by atoms with Gasteiger partial charge < -0.3 is 18.9 Å². The Bertz CT molecular complexity index is 563. The third-order valence-electron chi connectivity index (χ3n) is 3.60. The van der Waals surface area contributed by atoms with Crippen LogP contribution in [-0.4, -0.2) is 41.4 Å². The second kappa shape index (κ2) is 8.60. The van der Waals surface area contributed by atoms with Crippen molar-refractivity contribution in [2.75, 3.05) is 0 Å². The van der Waals surface area contributed by atoms with E-state index in [4.69, 9.17) is 18.9 Å². The number of esters is 2. The highest BCUT2D eigenvalue weighted by atomic mass is 79.9. The first-order valence-corrected chi connectivity index (χ1v) is 8.59. The van der Waals surface area contributed by atoms with Crippen LogP contribution < -0.4 is 0 Å². The van der Waals surface area contributed by atoms with E-state index in [0.717, 1.165) is 5.56 Å². The van der Waals surface area contributed by atoms with E-state index in [-0.39, 0.29) is 0 Å². The highest BCUT2D eigenvalue weighted by Crippen LogP contribution is 2.31. The molecule has 1 aliphatic rings. The molecule has 6 nitrogen and oxygen atoms in total. The lowest BCUT2D eigenvalue weighted by molar-refractivity contribution is -0.231. The summed E-state index contributed by atoms with van der Waals surface area (Å²) < 4.78 is 22.4. The van der Waals surface area contributed by atoms with E-state index in [2.05, 4.69) is 15.9 Å². The highest BCUT2D eigenvalue weighted by molar-refractivity contribution is 9.09. The molecule has 1 aliphatic heterocycles. The fraction of sp³-hybridized carbons (Fsp3) is 0.529. The van der Waals surface area contributed by atoms with Crippen LogP contribution in [0.3, 0.4) is 0 Å². The van der Waals surface area contributed by atoms with E-state index in [1.165, 1.54) is 13.8 Å². The van der Waals surface area contributed by atoms with Crippen molar-refractivity contribution < 1.29 is 28.5 Å². The summed E-state index contributed by atoms with van der Waals surface area (Å²) in [5, 5.41) is -0.493. The molecule has 24 heavy (non-hydrogen) atoms. The molecular formula is C17H21BrO6. The first-order valence-electron chi connectivity index (χ1n) is 7.68. The molecular weight excluding hydrogens is 380 g/mol. The quantitative estimate of drug-likeness (QED) is 0.558. The monoisotopic (exact) mass is 400 g/mol. The largest absolute Gasteiger partial charge is 0.456 e. The van der Waals surface area contributed by atoms with Gasteiger partial charge in [-0.1, -0.05) is 46.3 Å². The van der Waals surface area contributed by atoms with Crippen LogP contribution in [-0.2, 0) is 35.1 Å². The molecule has 1 saturated heterocycles. The number of rotatable bonds is 5.